The molecule has 20 heavy (non-hydrogen) atoms. The average Bonchev–Trinajstić information content (AvgIpc) is 2.49. The van der Waals surface area contributed by atoms with Gasteiger partial charge in [0, 0.05) is 5.56 Å². The van der Waals surface area contributed by atoms with Gasteiger partial charge in [-0.25, -0.2) is 0 Å². The molecule has 1 heterocycles. The van der Waals surface area contributed by atoms with Gasteiger partial charge in [-0.15, -0.1) is 0 Å². The topological polar surface area (TPSA) is 44.5 Å². The predicted octanol–water partition coefficient (Wildman–Crippen LogP) is 3.12. The van der Waals surface area contributed by atoms with Gasteiger partial charge in [-0.1, -0.05) is 30.3 Å². The third-order valence-electron chi connectivity index (χ3n) is 3.91. The van der Waals surface area contributed by atoms with Crippen LogP contribution in [-0.2, 0) is 0 Å². The van der Waals surface area contributed by atoms with E-state index in [0.717, 1.165) is 22.6 Å². The van der Waals surface area contributed by atoms with Crippen LogP contribution < -0.4 is 15.2 Å². The van der Waals surface area contributed by atoms with E-state index in [1.165, 1.54) is 11.1 Å². The van der Waals surface area contributed by atoms with E-state index in [4.69, 9.17) is 15.2 Å². The van der Waals surface area contributed by atoms with Crippen LogP contribution in [0, 0.1) is 13.8 Å². The second-order valence-electron chi connectivity index (χ2n) is 5.14. The van der Waals surface area contributed by atoms with Crippen LogP contribution in [0.5, 0.6) is 11.5 Å². The lowest BCUT2D eigenvalue weighted by atomic mass is 9.92. The highest BCUT2D eigenvalue weighted by Gasteiger charge is 2.21. The van der Waals surface area contributed by atoms with Crippen LogP contribution in [0.3, 0.4) is 0 Å². The van der Waals surface area contributed by atoms with Crippen LogP contribution in [0.4, 0.5) is 0 Å². The van der Waals surface area contributed by atoms with Crippen molar-refractivity contribution in [3.63, 3.8) is 0 Å². The summed E-state index contributed by atoms with van der Waals surface area (Å²) in [6.07, 6.45) is 0. The van der Waals surface area contributed by atoms with Crippen molar-refractivity contribution in [3.05, 3.63) is 58.7 Å². The quantitative estimate of drug-likeness (QED) is 0.911. The van der Waals surface area contributed by atoms with Gasteiger partial charge < -0.3 is 15.2 Å². The summed E-state index contributed by atoms with van der Waals surface area (Å²) < 4.78 is 11.4. The number of aryl methyl sites for hydroxylation is 1. The van der Waals surface area contributed by atoms with Crippen molar-refractivity contribution in [3.8, 4) is 11.5 Å². The maximum atomic E-state index is 6.47. The number of ether oxygens (including phenoxy) is 2. The average molecular weight is 269 g/mol. The van der Waals surface area contributed by atoms with Crippen molar-refractivity contribution in [2.24, 2.45) is 5.73 Å². The fourth-order valence-electron chi connectivity index (χ4n) is 2.62. The summed E-state index contributed by atoms with van der Waals surface area (Å²) in [6, 6.07) is 11.9. The predicted molar refractivity (Wildman–Crippen MR) is 79.4 cm³/mol. The fourth-order valence-corrected chi connectivity index (χ4v) is 2.62. The maximum absolute atomic E-state index is 6.47. The molecule has 3 nitrogen and oxygen atoms in total. The van der Waals surface area contributed by atoms with Gasteiger partial charge in [0.25, 0.3) is 0 Å². The lowest BCUT2D eigenvalue weighted by molar-refractivity contribution is 0.169. The minimum Gasteiger partial charge on any atom is -0.486 e. The molecule has 0 spiro atoms. The molecule has 2 N–H and O–H groups in total. The van der Waals surface area contributed by atoms with Gasteiger partial charge in [0.15, 0.2) is 11.5 Å². The normalized spacial score (nSPS) is 14.9. The molecule has 0 amide bonds. The summed E-state index contributed by atoms with van der Waals surface area (Å²) in [7, 11) is 0. The van der Waals surface area contributed by atoms with E-state index < -0.39 is 0 Å². The number of para-hydroxylation sites is 1. The Morgan fingerprint density at radius 3 is 2.50 bits per heavy atom. The third kappa shape index (κ3) is 2.14. The number of hydrogen-bond donors (Lipinski definition) is 1. The Bertz CT molecular complexity index is 637. The van der Waals surface area contributed by atoms with Gasteiger partial charge in [0.05, 0.1) is 6.04 Å². The van der Waals surface area contributed by atoms with Crippen molar-refractivity contribution in [1.29, 1.82) is 0 Å². The molecule has 2 aromatic carbocycles. The minimum absolute atomic E-state index is 0.202. The Morgan fingerprint density at radius 2 is 1.65 bits per heavy atom. The maximum Gasteiger partial charge on any atom is 0.166 e. The summed E-state index contributed by atoms with van der Waals surface area (Å²) in [4.78, 5) is 0. The standard InChI is InChI=1S/C17H19NO2/c1-11-5-3-6-13(12(11)2)16(18)14-7-4-8-15-17(14)20-10-9-19-15/h3-8,16H,9-10,18H2,1-2H3. The zero-order valence-corrected chi connectivity index (χ0v) is 11.8. The van der Waals surface area contributed by atoms with Gasteiger partial charge in [-0.3, -0.25) is 0 Å². The van der Waals surface area contributed by atoms with Crippen molar-refractivity contribution >= 4 is 0 Å². The molecule has 0 saturated carbocycles. The smallest absolute Gasteiger partial charge is 0.166 e. The van der Waals surface area contributed by atoms with Crippen molar-refractivity contribution in [1.82, 2.24) is 0 Å². The number of rotatable bonds is 2. The Kier molecular flexibility index (Phi) is 3.36. The van der Waals surface area contributed by atoms with E-state index in [1.807, 2.05) is 24.3 Å². The van der Waals surface area contributed by atoms with Gasteiger partial charge >= 0.3 is 0 Å². The third-order valence-corrected chi connectivity index (χ3v) is 3.91. The largest absolute Gasteiger partial charge is 0.486 e. The number of fused-ring (bicyclic) bond motifs is 1. The molecule has 0 aliphatic carbocycles. The Morgan fingerprint density at radius 1 is 0.950 bits per heavy atom. The van der Waals surface area contributed by atoms with Gasteiger partial charge in [0.2, 0.25) is 0 Å². The molecule has 3 rings (SSSR count). The van der Waals surface area contributed by atoms with E-state index in [9.17, 15) is 0 Å². The van der Waals surface area contributed by atoms with E-state index >= 15 is 0 Å². The van der Waals surface area contributed by atoms with Crippen LogP contribution in [0.15, 0.2) is 36.4 Å². The number of nitrogens with two attached hydrogens (primary N) is 1. The molecule has 1 aliphatic rings. The van der Waals surface area contributed by atoms with Crippen LogP contribution in [0.1, 0.15) is 28.3 Å². The second kappa shape index (κ2) is 5.17. The number of benzene rings is 2. The minimum atomic E-state index is -0.202. The molecule has 2 aromatic rings. The Labute approximate surface area is 119 Å². The van der Waals surface area contributed by atoms with Crippen molar-refractivity contribution < 1.29 is 9.47 Å². The molecule has 0 aromatic heterocycles. The summed E-state index contributed by atoms with van der Waals surface area (Å²) in [5, 5.41) is 0. The highest BCUT2D eigenvalue weighted by atomic mass is 16.6. The molecule has 3 heteroatoms. The lowest BCUT2D eigenvalue weighted by Gasteiger charge is -2.24. The number of hydrogen-bond acceptors (Lipinski definition) is 3. The highest BCUT2D eigenvalue weighted by Crippen LogP contribution is 2.38. The molecule has 0 fully saturated rings. The summed E-state index contributed by atoms with van der Waals surface area (Å²) in [5.41, 5.74) is 11.1. The van der Waals surface area contributed by atoms with Crippen molar-refractivity contribution in [2.75, 3.05) is 13.2 Å². The van der Waals surface area contributed by atoms with E-state index in [2.05, 4.69) is 26.0 Å². The van der Waals surface area contributed by atoms with Crippen LogP contribution >= 0.6 is 0 Å². The monoisotopic (exact) mass is 269 g/mol. The molecule has 1 atom stereocenters. The van der Waals surface area contributed by atoms with Gasteiger partial charge in [0.1, 0.15) is 13.2 Å². The van der Waals surface area contributed by atoms with Gasteiger partial charge in [-0.05, 0) is 36.6 Å². The second-order valence-corrected chi connectivity index (χ2v) is 5.14. The molecule has 0 saturated heterocycles. The first kappa shape index (κ1) is 13.0. The molecule has 104 valence electrons. The van der Waals surface area contributed by atoms with Crippen LogP contribution in [0.2, 0.25) is 0 Å². The Balaban J connectivity index is 2.07. The van der Waals surface area contributed by atoms with Gasteiger partial charge in [-0.2, -0.15) is 0 Å². The van der Waals surface area contributed by atoms with Crippen molar-refractivity contribution in [2.45, 2.75) is 19.9 Å². The fraction of sp³-hybridized carbons (Fsp3) is 0.294. The zero-order valence-electron chi connectivity index (χ0n) is 11.8. The molecular formula is C17H19NO2. The van der Waals surface area contributed by atoms with E-state index in [0.29, 0.717) is 13.2 Å². The summed E-state index contributed by atoms with van der Waals surface area (Å²) in [5.74, 6) is 1.57. The molecule has 0 radical (unpaired) electrons. The van der Waals surface area contributed by atoms with Crippen LogP contribution in [-0.4, -0.2) is 13.2 Å². The van der Waals surface area contributed by atoms with E-state index in [1.54, 1.807) is 0 Å². The molecule has 1 unspecified atom stereocenters. The van der Waals surface area contributed by atoms with Crippen LogP contribution in [0.25, 0.3) is 0 Å². The molecule has 0 bridgehead atoms. The zero-order chi connectivity index (χ0) is 14.1. The highest BCUT2D eigenvalue weighted by molar-refractivity contribution is 5.52. The molecule has 1 aliphatic heterocycles. The summed E-state index contributed by atoms with van der Waals surface area (Å²) >= 11 is 0. The van der Waals surface area contributed by atoms with E-state index in [-0.39, 0.29) is 6.04 Å². The lowest BCUT2D eigenvalue weighted by Crippen LogP contribution is -2.20. The first-order valence-corrected chi connectivity index (χ1v) is 6.88. The first-order valence-electron chi connectivity index (χ1n) is 6.88. The first-order chi connectivity index (χ1) is 9.68. The SMILES string of the molecule is Cc1cccc(C(N)c2cccc3c2OCCO3)c1C. The Hall–Kier alpha value is -2.00. The molecular weight excluding hydrogens is 250 g/mol. The summed E-state index contributed by atoms with van der Waals surface area (Å²) in [6.45, 7) is 5.38.